The van der Waals surface area contributed by atoms with Crippen molar-refractivity contribution >= 4 is 35.1 Å². The minimum atomic E-state index is -0.941. The number of carboxylic acid groups (broad SMARTS) is 1. The Morgan fingerprint density at radius 1 is 1.57 bits per heavy atom. The zero-order chi connectivity index (χ0) is 15.4. The van der Waals surface area contributed by atoms with Crippen molar-refractivity contribution in [2.75, 3.05) is 12.3 Å². The van der Waals surface area contributed by atoms with Crippen LogP contribution >= 0.6 is 23.1 Å². The maximum absolute atomic E-state index is 12.2. The van der Waals surface area contributed by atoms with Crippen molar-refractivity contribution in [3.63, 3.8) is 0 Å². The summed E-state index contributed by atoms with van der Waals surface area (Å²) in [5.41, 5.74) is 0.981. The van der Waals surface area contributed by atoms with E-state index >= 15 is 0 Å². The smallest absolute Gasteiger partial charge is 0.327 e. The zero-order valence-corrected chi connectivity index (χ0v) is 13.7. The van der Waals surface area contributed by atoms with E-state index in [1.807, 2.05) is 19.2 Å². The van der Waals surface area contributed by atoms with Gasteiger partial charge in [-0.2, -0.15) is 0 Å². The Balaban J connectivity index is 1.89. The minimum absolute atomic E-state index is 0.0618. The number of rotatable bonds is 5. The highest BCUT2D eigenvalue weighted by molar-refractivity contribution is 8.00. The lowest BCUT2D eigenvalue weighted by molar-refractivity contribution is -0.141. The fourth-order valence-corrected chi connectivity index (χ4v) is 4.35. The second-order valence-corrected chi connectivity index (χ2v) is 6.98. The van der Waals surface area contributed by atoms with Gasteiger partial charge in [0.25, 0.3) is 0 Å². The summed E-state index contributed by atoms with van der Waals surface area (Å²) in [5.74, 6) is -0.489. The van der Waals surface area contributed by atoms with E-state index in [-0.39, 0.29) is 11.4 Å². The van der Waals surface area contributed by atoms with Crippen molar-refractivity contribution < 1.29 is 14.7 Å². The van der Waals surface area contributed by atoms with Crippen LogP contribution in [0.1, 0.15) is 24.0 Å². The molecule has 2 N–H and O–H groups in total. The maximum atomic E-state index is 12.2. The number of nitrogens with one attached hydrogen (secondary N) is 1. The van der Waals surface area contributed by atoms with Gasteiger partial charge in [0.05, 0.1) is 10.4 Å². The third-order valence-corrected chi connectivity index (χ3v) is 5.72. The molecule has 1 fully saturated rings. The van der Waals surface area contributed by atoms with Crippen LogP contribution in [-0.4, -0.2) is 50.7 Å². The molecule has 0 aliphatic carbocycles. The SMILES string of the molecule is CCC1SCC(C(=O)O)N1C(=O)NCCc1nc(C)cs1. The van der Waals surface area contributed by atoms with E-state index in [4.69, 9.17) is 0 Å². The quantitative estimate of drug-likeness (QED) is 0.863. The summed E-state index contributed by atoms with van der Waals surface area (Å²) in [4.78, 5) is 29.3. The second kappa shape index (κ2) is 7.13. The number of thioether (sulfide) groups is 1. The molecule has 0 radical (unpaired) electrons. The van der Waals surface area contributed by atoms with Crippen LogP contribution < -0.4 is 5.32 Å². The van der Waals surface area contributed by atoms with Crippen LogP contribution in [-0.2, 0) is 11.2 Å². The molecule has 8 heteroatoms. The van der Waals surface area contributed by atoms with Crippen LogP contribution in [0.25, 0.3) is 0 Å². The highest BCUT2D eigenvalue weighted by Gasteiger charge is 2.40. The van der Waals surface area contributed by atoms with Crippen molar-refractivity contribution in [3.05, 3.63) is 16.1 Å². The lowest BCUT2D eigenvalue weighted by Crippen LogP contribution is -2.50. The normalized spacial score (nSPS) is 21.5. The van der Waals surface area contributed by atoms with E-state index in [9.17, 15) is 14.7 Å². The van der Waals surface area contributed by atoms with Gasteiger partial charge in [-0.25, -0.2) is 14.6 Å². The molecule has 2 unspecified atom stereocenters. The first-order valence-electron chi connectivity index (χ1n) is 6.84. The Labute approximate surface area is 131 Å². The minimum Gasteiger partial charge on any atom is -0.480 e. The van der Waals surface area contributed by atoms with Crippen molar-refractivity contribution in [1.82, 2.24) is 15.2 Å². The van der Waals surface area contributed by atoms with Crippen molar-refractivity contribution in [1.29, 1.82) is 0 Å². The van der Waals surface area contributed by atoms with Gasteiger partial charge in [0.15, 0.2) is 0 Å². The van der Waals surface area contributed by atoms with Gasteiger partial charge < -0.3 is 10.4 Å². The molecular weight excluding hydrogens is 310 g/mol. The van der Waals surface area contributed by atoms with Gasteiger partial charge in [0.2, 0.25) is 0 Å². The Morgan fingerprint density at radius 2 is 2.33 bits per heavy atom. The number of amides is 2. The van der Waals surface area contributed by atoms with Crippen molar-refractivity contribution in [2.24, 2.45) is 0 Å². The van der Waals surface area contributed by atoms with Crippen LogP contribution in [0.15, 0.2) is 5.38 Å². The number of nitrogens with zero attached hydrogens (tertiary/aromatic N) is 2. The number of carbonyl (C=O) groups is 2. The van der Waals surface area contributed by atoms with Crippen LogP contribution in [0.3, 0.4) is 0 Å². The largest absolute Gasteiger partial charge is 0.480 e. The molecule has 2 rings (SSSR count). The molecular formula is C13H19N3O3S2. The maximum Gasteiger partial charge on any atom is 0.327 e. The molecule has 2 atom stereocenters. The average molecular weight is 329 g/mol. The molecule has 21 heavy (non-hydrogen) atoms. The van der Waals surface area contributed by atoms with E-state index in [0.717, 1.165) is 17.1 Å². The highest BCUT2D eigenvalue weighted by Crippen LogP contribution is 2.31. The molecule has 116 valence electrons. The van der Waals surface area contributed by atoms with Crippen LogP contribution in [0.2, 0.25) is 0 Å². The number of aryl methyl sites for hydroxylation is 1. The molecule has 1 saturated heterocycles. The highest BCUT2D eigenvalue weighted by atomic mass is 32.2. The standard InChI is InChI=1S/C13H19N3O3S2/c1-3-11-16(9(7-21-11)12(17)18)13(19)14-5-4-10-15-8(2)6-20-10/h6,9,11H,3-5,7H2,1-2H3,(H,14,19)(H,17,18). The van der Waals surface area contributed by atoms with E-state index < -0.39 is 12.0 Å². The molecule has 1 aliphatic heterocycles. The predicted octanol–water partition coefficient (Wildman–Crippen LogP) is 1.94. The zero-order valence-electron chi connectivity index (χ0n) is 12.0. The lowest BCUT2D eigenvalue weighted by Gasteiger charge is -2.26. The number of carbonyl (C=O) groups excluding carboxylic acids is 1. The molecule has 0 spiro atoms. The predicted molar refractivity (Wildman–Crippen MR) is 83.8 cm³/mol. The molecule has 0 aromatic carbocycles. The fraction of sp³-hybridized carbons (Fsp3) is 0.615. The number of urea groups is 1. The van der Waals surface area contributed by atoms with E-state index in [1.165, 1.54) is 16.7 Å². The van der Waals surface area contributed by atoms with Gasteiger partial charge in [-0.05, 0) is 13.3 Å². The second-order valence-electron chi connectivity index (χ2n) is 4.82. The Hall–Kier alpha value is -1.28. The van der Waals surface area contributed by atoms with Gasteiger partial charge in [-0.15, -0.1) is 23.1 Å². The van der Waals surface area contributed by atoms with Gasteiger partial charge in [-0.3, -0.25) is 4.90 Å². The summed E-state index contributed by atoms with van der Waals surface area (Å²) in [6.45, 7) is 4.36. The van der Waals surface area contributed by atoms with E-state index in [0.29, 0.717) is 18.7 Å². The summed E-state index contributed by atoms with van der Waals surface area (Å²) < 4.78 is 0. The summed E-state index contributed by atoms with van der Waals surface area (Å²) in [6, 6.07) is -1.03. The van der Waals surface area contributed by atoms with Crippen molar-refractivity contribution in [2.45, 2.75) is 38.1 Å². The van der Waals surface area contributed by atoms with Gasteiger partial charge in [0.1, 0.15) is 6.04 Å². The number of thiazole rings is 1. The summed E-state index contributed by atoms with van der Waals surface area (Å²) >= 11 is 3.09. The molecule has 1 aliphatic rings. The summed E-state index contributed by atoms with van der Waals surface area (Å²) in [7, 11) is 0. The molecule has 2 heterocycles. The lowest BCUT2D eigenvalue weighted by atomic mass is 10.3. The molecule has 0 saturated carbocycles. The van der Waals surface area contributed by atoms with Crippen LogP contribution in [0.5, 0.6) is 0 Å². The average Bonchev–Trinajstić information content (AvgIpc) is 3.04. The number of aliphatic carboxylic acids is 1. The topological polar surface area (TPSA) is 82.5 Å². The van der Waals surface area contributed by atoms with Gasteiger partial charge >= 0.3 is 12.0 Å². The number of hydrogen-bond acceptors (Lipinski definition) is 5. The number of carboxylic acids is 1. The molecule has 1 aromatic rings. The molecule has 1 aromatic heterocycles. The summed E-state index contributed by atoms with van der Waals surface area (Å²) in [5, 5.41) is 14.9. The van der Waals surface area contributed by atoms with Gasteiger partial charge in [-0.1, -0.05) is 6.92 Å². The fourth-order valence-electron chi connectivity index (χ4n) is 2.23. The third-order valence-electron chi connectivity index (χ3n) is 3.24. The molecule has 6 nitrogen and oxygen atoms in total. The first kappa shape index (κ1) is 16.1. The van der Waals surface area contributed by atoms with Crippen molar-refractivity contribution in [3.8, 4) is 0 Å². The van der Waals surface area contributed by atoms with E-state index in [2.05, 4.69) is 10.3 Å². The van der Waals surface area contributed by atoms with Crippen LogP contribution in [0, 0.1) is 6.92 Å². The number of hydrogen-bond donors (Lipinski definition) is 2. The number of aromatic nitrogens is 1. The Kier molecular flexibility index (Phi) is 5.46. The third kappa shape index (κ3) is 3.88. The molecule has 0 bridgehead atoms. The van der Waals surface area contributed by atoms with E-state index in [1.54, 1.807) is 11.3 Å². The molecule has 2 amide bonds. The Morgan fingerprint density at radius 3 is 2.90 bits per heavy atom. The van der Waals surface area contributed by atoms with Gasteiger partial charge in [0, 0.05) is 29.8 Å². The first-order valence-corrected chi connectivity index (χ1v) is 8.77. The first-order chi connectivity index (χ1) is 10.0. The Bertz CT molecular complexity index is 521. The van der Waals surface area contributed by atoms with Crippen LogP contribution in [0.4, 0.5) is 4.79 Å². The summed E-state index contributed by atoms with van der Waals surface area (Å²) in [6.07, 6.45) is 1.41. The monoisotopic (exact) mass is 329 g/mol.